The molecule has 0 aliphatic carbocycles. The zero-order valence-corrected chi connectivity index (χ0v) is 8.28. The van der Waals surface area contributed by atoms with E-state index in [-0.39, 0.29) is 93.3 Å². The number of rotatable bonds is 0. The van der Waals surface area contributed by atoms with Crippen LogP contribution in [0.2, 0.25) is 0 Å². The summed E-state index contributed by atoms with van der Waals surface area (Å²) in [6.45, 7) is 0. The monoisotopic (exact) mass is 236 g/mol. The molecule has 44 valence electrons. The summed E-state index contributed by atoms with van der Waals surface area (Å²) in [5, 5.41) is 13.9. The van der Waals surface area contributed by atoms with Crippen molar-refractivity contribution in [1.29, 1.82) is 0 Å². The molecule has 0 amide bonds. The van der Waals surface area contributed by atoms with Gasteiger partial charge in [0.15, 0.2) is 0 Å². The minimum atomic E-state index is -1.83. The normalized spacial score (nSPS) is 3.44. The molecule has 0 spiro atoms. The fourth-order valence-electron chi connectivity index (χ4n) is 0. The van der Waals surface area contributed by atoms with Crippen LogP contribution in [0.25, 0.3) is 0 Å². The van der Waals surface area contributed by atoms with Crippen molar-refractivity contribution >= 4 is 150 Å². The summed E-state index contributed by atoms with van der Waals surface area (Å²) in [5.41, 5.74) is 0. The maximum atomic E-state index is 8.56. The summed E-state index contributed by atoms with van der Waals surface area (Å²) in [6.07, 6.45) is -1.83. The van der Waals surface area contributed by atoms with Gasteiger partial charge in [0, 0.05) is 0 Å². The molecule has 8 heteroatoms. The summed E-state index contributed by atoms with van der Waals surface area (Å²) in [4.78, 5) is 8.56. The van der Waals surface area contributed by atoms with Crippen molar-refractivity contribution < 1.29 is 15.0 Å². The Morgan fingerprint density at radius 1 is 1.33 bits per heavy atom. The first kappa shape index (κ1) is 29.2. The molecule has 0 aromatic heterocycles. The van der Waals surface area contributed by atoms with Crippen LogP contribution in [0.5, 0.6) is 0 Å². The van der Waals surface area contributed by atoms with E-state index in [2.05, 4.69) is 0 Å². The number of hydrogen-bond donors (Lipinski definition) is 2. The van der Waals surface area contributed by atoms with Gasteiger partial charge in [0.1, 0.15) is 0 Å². The molecule has 0 unspecified atom stereocenters. The van der Waals surface area contributed by atoms with E-state index in [1.807, 2.05) is 0 Å². The molecule has 0 aliphatic rings. The van der Waals surface area contributed by atoms with Crippen LogP contribution in [0.1, 0.15) is 0 Å². The molecule has 0 heterocycles. The second-order valence-electron chi connectivity index (χ2n) is 0.283. The number of carbonyl (C=O) groups is 1. The molecule has 0 saturated heterocycles. The summed E-state index contributed by atoms with van der Waals surface area (Å²) in [5.74, 6) is 0. The Hall–Kier alpha value is 4.12. The molecule has 0 aromatic rings. The van der Waals surface area contributed by atoms with Crippen molar-refractivity contribution in [3.05, 3.63) is 0 Å². The molecule has 0 rings (SSSR count). The fourth-order valence-corrected chi connectivity index (χ4v) is 0. The minimum absolute atomic E-state index is 0. The molecular weight excluding hydrogens is 232 g/mol. The van der Waals surface area contributed by atoms with E-state index in [1.54, 1.807) is 0 Å². The molecule has 0 bridgehead atoms. The zero-order valence-electron chi connectivity index (χ0n) is 3.59. The van der Waals surface area contributed by atoms with Gasteiger partial charge in [-0.1, -0.05) is 0 Å². The van der Waals surface area contributed by atoms with E-state index in [0.29, 0.717) is 47.1 Å². The first-order valence-corrected chi connectivity index (χ1v) is 5.33. The molecule has 0 fully saturated rings. The number of hydrogen-bond acceptors (Lipinski definition) is 1. The summed E-state index contributed by atoms with van der Waals surface area (Å²) in [6, 6.07) is 0. The molecule has 0 saturated carbocycles. The average Bonchev–Trinajstić information content (AvgIpc) is 1.41. The Bertz CT molecular complexity index is 42.8. The topological polar surface area (TPSA) is 57.5 Å². The second-order valence-corrected chi connectivity index (χ2v) is 0.283. The maximum absolute atomic E-state index is 8.56. The Morgan fingerprint density at radius 2 is 1.33 bits per heavy atom. The van der Waals surface area contributed by atoms with Gasteiger partial charge in [0.05, 0.1) is 0 Å². The number of carboxylic acid groups (broad SMARTS) is 2. The third-order valence-corrected chi connectivity index (χ3v) is 0. The van der Waals surface area contributed by atoms with Crippen LogP contribution in [0.4, 0.5) is 4.79 Å². The van der Waals surface area contributed by atoms with Crippen molar-refractivity contribution in [2.75, 3.05) is 0 Å². The standard InChI is InChI=1S/CH2O3.2ClH.2K.Na.2H/c2-1(3)4;;;;;;;/h(H2,2,3,4);2*1H;;;;;/q;;;;+1;;;/p-1. The third kappa shape index (κ3) is 73.1. The Labute approximate surface area is 160 Å². The Kier molecular flexibility index (Phi) is 96.0. The van der Waals surface area contributed by atoms with Gasteiger partial charge in [-0.2, -0.15) is 0 Å². The van der Waals surface area contributed by atoms with Crippen molar-refractivity contribution in [2.45, 2.75) is 0 Å². The molecule has 0 atom stereocenters. The second kappa shape index (κ2) is 29.6. The van der Waals surface area contributed by atoms with Crippen LogP contribution in [0, 0.1) is 0 Å². The first-order chi connectivity index (χ1) is 2.73. The van der Waals surface area contributed by atoms with Crippen molar-refractivity contribution in [2.24, 2.45) is 0 Å². The Morgan fingerprint density at radius 3 is 1.33 bits per heavy atom. The summed E-state index contributed by atoms with van der Waals surface area (Å²) >= 11 is 0.535. The average molecular weight is 237 g/mol. The van der Waals surface area contributed by atoms with Crippen LogP contribution in [0.15, 0.2) is 0 Å². The molecule has 0 aliphatic heterocycles. The van der Waals surface area contributed by atoms with Crippen LogP contribution in [-0.2, 0) is 0 Å². The van der Waals surface area contributed by atoms with Gasteiger partial charge < -0.3 is 10.2 Å². The van der Waals surface area contributed by atoms with E-state index >= 15 is 0 Å². The predicted octanol–water partition coefficient (Wildman–Crippen LogP) is -0.344. The SMILES string of the molecule is Cl.O=C(O)O.[Cl][K].[KH].[NaH]. The molecule has 9 heavy (non-hydrogen) atoms. The molecular formula is CH5Cl2K2NaO3. The van der Waals surface area contributed by atoms with Crippen molar-refractivity contribution in [3.63, 3.8) is 0 Å². The van der Waals surface area contributed by atoms with Crippen LogP contribution < -0.4 is 0 Å². The van der Waals surface area contributed by atoms with Gasteiger partial charge in [-0.15, -0.1) is 12.4 Å². The zero-order chi connectivity index (χ0) is 5.58. The van der Waals surface area contributed by atoms with E-state index < -0.39 is 6.16 Å². The van der Waals surface area contributed by atoms with Gasteiger partial charge >= 0.3 is 138 Å². The predicted molar refractivity (Wildman–Crippen MR) is 43.8 cm³/mol. The van der Waals surface area contributed by atoms with Crippen LogP contribution >= 0.6 is 16.2 Å². The van der Waals surface area contributed by atoms with E-state index in [1.165, 1.54) is 0 Å². The molecule has 3 nitrogen and oxygen atoms in total. The van der Waals surface area contributed by atoms with E-state index in [9.17, 15) is 0 Å². The molecule has 0 aromatic carbocycles. The van der Waals surface area contributed by atoms with Crippen molar-refractivity contribution in [3.8, 4) is 0 Å². The van der Waals surface area contributed by atoms with Crippen molar-refractivity contribution in [1.82, 2.24) is 0 Å². The van der Waals surface area contributed by atoms with Gasteiger partial charge in [-0.05, 0) is 0 Å². The Balaban J connectivity index is -0.00000000990. The molecule has 0 radical (unpaired) electrons. The quantitative estimate of drug-likeness (QED) is 0.566. The van der Waals surface area contributed by atoms with Gasteiger partial charge in [0.25, 0.3) is 0 Å². The van der Waals surface area contributed by atoms with Gasteiger partial charge in [-0.3, -0.25) is 0 Å². The van der Waals surface area contributed by atoms with Gasteiger partial charge in [-0.25, -0.2) is 4.79 Å². The fraction of sp³-hybridized carbons (Fsp3) is 0. The summed E-state index contributed by atoms with van der Waals surface area (Å²) in [7, 11) is 0. The third-order valence-electron chi connectivity index (χ3n) is 0. The van der Waals surface area contributed by atoms with E-state index in [0.717, 1.165) is 0 Å². The van der Waals surface area contributed by atoms with Gasteiger partial charge in [0.2, 0.25) is 0 Å². The van der Waals surface area contributed by atoms with Crippen LogP contribution in [-0.4, -0.2) is 144 Å². The van der Waals surface area contributed by atoms with Crippen LogP contribution in [0.3, 0.4) is 0 Å². The first-order valence-electron chi connectivity index (χ1n) is 1.03. The molecule has 2 N–H and O–H groups in total. The number of halogens is 2. The van der Waals surface area contributed by atoms with E-state index in [4.69, 9.17) is 18.8 Å². The summed E-state index contributed by atoms with van der Waals surface area (Å²) < 4.78 is 4.83.